The van der Waals surface area contributed by atoms with Gasteiger partial charge in [0.25, 0.3) is 0 Å². The molecular weight excluding hydrogens is 254 g/mol. The largest absolute Gasteiger partial charge is 0.481 e. The Morgan fingerprint density at radius 2 is 1.65 bits per heavy atom. The molecule has 4 nitrogen and oxygen atoms in total. The molecule has 2 atom stereocenters. The van der Waals surface area contributed by atoms with Gasteiger partial charge in [-0.2, -0.15) is 0 Å². The van der Waals surface area contributed by atoms with E-state index in [0.29, 0.717) is 11.8 Å². The first-order valence-electron chi connectivity index (χ1n) is 7.92. The van der Waals surface area contributed by atoms with Crippen molar-refractivity contribution in [2.75, 3.05) is 13.1 Å². The molecule has 1 saturated heterocycles. The van der Waals surface area contributed by atoms with E-state index in [2.05, 4.69) is 13.8 Å². The Kier molecular flexibility index (Phi) is 4.71. The average molecular weight is 281 g/mol. The fraction of sp³-hybridized carbons (Fsp3) is 0.875. The van der Waals surface area contributed by atoms with E-state index in [1.807, 2.05) is 4.90 Å². The minimum Gasteiger partial charge on any atom is -0.481 e. The molecule has 20 heavy (non-hydrogen) atoms. The zero-order chi connectivity index (χ0) is 14.8. The standard InChI is InChI=1S/C16H27NO3/c1-16(2)8-5-10-17(11-9-16)14(18)12-6-3-4-7-13(12)15(19)20/h12-13H,3-11H2,1-2H3,(H,19,20)/t12-,13+/m1/s1. The number of hydrogen-bond acceptors (Lipinski definition) is 2. The summed E-state index contributed by atoms with van der Waals surface area (Å²) in [4.78, 5) is 26.0. The highest BCUT2D eigenvalue weighted by Gasteiger charge is 2.38. The molecule has 2 aliphatic rings. The highest BCUT2D eigenvalue weighted by Crippen LogP contribution is 2.34. The number of carbonyl (C=O) groups is 2. The molecule has 2 fully saturated rings. The molecule has 0 bridgehead atoms. The van der Waals surface area contributed by atoms with E-state index in [9.17, 15) is 14.7 Å². The van der Waals surface area contributed by atoms with Crippen LogP contribution in [0.5, 0.6) is 0 Å². The molecule has 0 aromatic carbocycles. The summed E-state index contributed by atoms with van der Waals surface area (Å²) < 4.78 is 0. The summed E-state index contributed by atoms with van der Waals surface area (Å²) in [5, 5.41) is 9.32. The Labute approximate surface area is 121 Å². The van der Waals surface area contributed by atoms with E-state index < -0.39 is 11.9 Å². The third-order valence-corrected chi connectivity index (χ3v) is 5.05. The zero-order valence-electron chi connectivity index (χ0n) is 12.7. The lowest BCUT2D eigenvalue weighted by atomic mass is 9.78. The summed E-state index contributed by atoms with van der Waals surface area (Å²) in [5.41, 5.74) is 0.299. The van der Waals surface area contributed by atoms with Crippen LogP contribution in [-0.4, -0.2) is 35.0 Å². The van der Waals surface area contributed by atoms with Gasteiger partial charge in [0.05, 0.1) is 11.8 Å². The van der Waals surface area contributed by atoms with Crippen LogP contribution in [0.4, 0.5) is 0 Å². The van der Waals surface area contributed by atoms with Crippen molar-refractivity contribution in [2.45, 2.75) is 58.8 Å². The van der Waals surface area contributed by atoms with E-state index >= 15 is 0 Å². The van der Waals surface area contributed by atoms with Crippen molar-refractivity contribution >= 4 is 11.9 Å². The summed E-state index contributed by atoms with van der Waals surface area (Å²) in [6, 6.07) is 0. The van der Waals surface area contributed by atoms with Crippen molar-refractivity contribution in [2.24, 2.45) is 17.3 Å². The monoisotopic (exact) mass is 281 g/mol. The molecule has 1 N–H and O–H groups in total. The average Bonchev–Trinajstić information content (AvgIpc) is 2.59. The number of rotatable bonds is 2. The van der Waals surface area contributed by atoms with E-state index in [1.54, 1.807) is 0 Å². The number of amides is 1. The lowest BCUT2D eigenvalue weighted by molar-refractivity contribution is -0.152. The maximum Gasteiger partial charge on any atom is 0.307 e. The van der Waals surface area contributed by atoms with Gasteiger partial charge < -0.3 is 10.0 Å². The van der Waals surface area contributed by atoms with Crippen molar-refractivity contribution in [1.82, 2.24) is 4.90 Å². The maximum absolute atomic E-state index is 12.7. The molecule has 0 aromatic heterocycles. The number of aliphatic carboxylic acids is 1. The van der Waals surface area contributed by atoms with E-state index in [4.69, 9.17) is 0 Å². The Balaban J connectivity index is 2.03. The highest BCUT2D eigenvalue weighted by atomic mass is 16.4. The van der Waals surface area contributed by atoms with Gasteiger partial charge in [-0.25, -0.2) is 0 Å². The van der Waals surface area contributed by atoms with Crippen LogP contribution in [0.15, 0.2) is 0 Å². The minimum absolute atomic E-state index is 0.0924. The third kappa shape index (κ3) is 3.53. The van der Waals surface area contributed by atoms with Gasteiger partial charge in [-0.3, -0.25) is 9.59 Å². The highest BCUT2D eigenvalue weighted by molar-refractivity contribution is 5.85. The quantitative estimate of drug-likeness (QED) is 0.846. The van der Waals surface area contributed by atoms with Gasteiger partial charge in [0.15, 0.2) is 0 Å². The molecule has 1 saturated carbocycles. The lowest BCUT2D eigenvalue weighted by Crippen LogP contribution is -2.43. The molecule has 1 aliphatic heterocycles. The summed E-state index contributed by atoms with van der Waals surface area (Å²) in [7, 11) is 0. The number of likely N-dealkylation sites (tertiary alicyclic amines) is 1. The van der Waals surface area contributed by atoms with Crippen molar-refractivity contribution in [3.05, 3.63) is 0 Å². The number of hydrogen-bond donors (Lipinski definition) is 1. The van der Waals surface area contributed by atoms with Gasteiger partial charge in [-0.05, 0) is 37.5 Å². The van der Waals surface area contributed by atoms with E-state index in [-0.39, 0.29) is 11.8 Å². The summed E-state index contributed by atoms with van der Waals surface area (Å²) in [5.74, 6) is -1.46. The molecular formula is C16H27NO3. The fourth-order valence-corrected chi connectivity index (χ4v) is 3.60. The second kappa shape index (κ2) is 6.15. The van der Waals surface area contributed by atoms with Crippen LogP contribution in [0.25, 0.3) is 0 Å². The van der Waals surface area contributed by atoms with Crippen LogP contribution in [0.2, 0.25) is 0 Å². The van der Waals surface area contributed by atoms with Crippen molar-refractivity contribution in [3.8, 4) is 0 Å². The first-order valence-corrected chi connectivity index (χ1v) is 7.92. The molecule has 1 heterocycles. The normalized spacial score (nSPS) is 30.6. The van der Waals surface area contributed by atoms with Crippen LogP contribution < -0.4 is 0 Å². The van der Waals surface area contributed by atoms with Crippen LogP contribution in [0, 0.1) is 17.3 Å². The topological polar surface area (TPSA) is 57.6 Å². The van der Waals surface area contributed by atoms with Crippen LogP contribution in [-0.2, 0) is 9.59 Å². The second-order valence-corrected chi connectivity index (χ2v) is 7.18. The minimum atomic E-state index is -0.793. The molecule has 0 aromatic rings. The molecule has 1 aliphatic carbocycles. The summed E-state index contributed by atoms with van der Waals surface area (Å²) >= 11 is 0. The molecule has 0 spiro atoms. The van der Waals surface area contributed by atoms with Gasteiger partial charge >= 0.3 is 5.97 Å². The number of carboxylic acids is 1. The van der Waals surface area contributed by atoms with Crippen molar-refractivity contribution in [1.29, 1.82) is 0 Å². The SMILES string of the molecule is CC1(C)CCCN(C(=O)[C@@H]2CCCC[C@@H]2C(=O)O)CC1. The third-order valence-electron chi connectivity index (χ3n) is 5.05. The molecule has 114 valence electrons. The lowest BCUT2D eigenvalue weighted by Gasteiger charge is -2.32. The van der Waals surface area contributed by atoms with Crippen molar-refractivity contribution in [3.63, 3.8) is 0 Å². The van der Waals surface area contributed by atoms with E-state index in [0.717, 1.165) is 51.6 Å². The Morgan fingerprint density at radius 3 is 2.30 bits per heavy atom. The first kappa shape index (κ1) is 15.3. The zero-order valence-corrected chi connectivity index (χ0v) is 12.7. The number of carbonyl (C=O) groups excluding carboxylic acids is 1. The predicted octanol–water partition coefficient (Wildman–Crippen LogP) is 2.92. The van der Waals surface area contributed by atoms with Crippen LogP contribution >= 0.6 is 0 Å². The van der Waals surface area contributed by atoms with Gasteiger partial charge in [0, 0.05) is 13.1 Å². The molecule has 2 rings (SSSR count). The number of carboxylic acid groups (broad SMARTS) is 1. The first-order chi connectivity index (χ1) is 9.41. The smallest absolute Gasteiger partial charge is 0.307 e. The maximum atomic E-state index is 12.7. The number of nitrogens with zero attached hydrogens (tertiary/aromatic N) is 1. The molecule has 4 heteroatoms. The van der Waals surface area contributed by atoms with Crippen LogP contribution in [0.1, 0.15) is 58.8 Å². The van der Waals surface area contributed by atoms with Gasteiger partial charge in [-0.15, -0.1) is 0 Å². The second-order valence-electron chi connectivity index (χ2n) is 7.18. The Morgan fingerprint density at radius 1 is 1.00 bits per heavy atom. The van der Waals surface area contributed by atoms with E-state index in [1.165, 1.54) is 0 Å². The van der Waals surface area contributed by atoms with Crippen LogP contribution in [0.3, 0.4) is 0 Å². The van der Waals surface area contributed by atoms with Gasteiger partial charge in [0.2, 0.25) is 5.91 Å². The van der Waals surface area contributed by atoms with Gasteiger partial charge in [0.1, 0.15) is 0 Å². The molecule has 0 radical (unpaired) electrons. The fourth-order valence-electron chi connectivity index (χ4n) is 3.60. The Hall–Kier alpha value is -1.06. The Bertz CT molecular complexity index is 378. The predicted molar refractivity (Wildman–Crippen MR) is 77.3 cm³/mol. The molecule has 1 amide bonds. The summed E-state index contributed by atoms with van der Waals surface area (Å²) in [6.45, 7) is 6.09. The van der Waals surface area contributed by atoms with Gasteiger partial charge in [-0.1, -0.05) is 26.7 Å². The molecule has 0 unspecified atom stereocenters. The summed E-state index contributed by atoms with van der Waals surface area (Å²) in [6.07, 6.45) is 6.52. The van der Waals surface area contributed by atoms with Crippen molar-refractivity contribution < 1.29 is 14.7 Å².